The van der Waals surface area contributed by atoms with Gasteiger partial charge in [0.25, 0.3) is 5.56 Å². The molecule has 0 aliphatic heterocycles. The average molecular weight is 293 g/mol. The summed E-state index contributed by atoms with van der Waals surface area (Å²) in [6.07, 6.45) is 0.839. The molecule has 0 radical (unpaired) electrons. The predicted octanol–water partition coefficient (Wildman–Crippen LogP) is 3.24. The van der Waals surface area contributed by atoms with E-state index < -0.39 is 0 Å². The van der Waals surface area contributed by atoms with E-state index in [1.54, 1.807) is 16.7 Å². The molecular formula is C18H19N3O. The lowest BCUT2D eigenvalue weighted by molar-refractivity contribution is 0.669. The van der Waals surface area contributed by atoms with Crippen molar-refractivity contribution in [1.82, 2.24) is 4.57 Å². The first-order valence-electron chi connectivity index (χ1n) is 7.40. The molecule has 1 aromatic heterocycles. The Labute approximate surface area is 129 Å². The number of nitrogens with zero attached hydrogens (tertiary/aromatic N) is 1. The van der Waals surface area contributed by atoms with E-state index in [4.69, 9.17) is 11.5 Å². The molecule has 2 aromatic carbocycles. The molecule has 4 N–H and O–H groups in total. The van der Waals surface area contributed by atoms with Gasteiger partial charge in [-0.1, -0.05) is 43.3 Å². The zero-order valence-electron chi connectivity index (χ0n) is 12.5. The Kier molecular flexibility index (Phi) is 3.59. The number of nitrogens with two attached hydrogens (primary N) is 2. The maximum atomic E-state index is 12.7. The van der Waals surface area contributed by atoms with Gasteiger partial charge in [-0.25, -0.2) is 0 Å². The summed E-state index contributed by atoms with van der Waals surface area (Å²) in [5.74, 6) is 0.510. The van der Waals surface area contributed by atoms with E-state index in [1.165, 1.54) is 0 Å². The van der Waals surface area contributed by atoms with Gasteiger partial charge in [0.15, 0.2) is 0 Å². The molecular weight excluding hydrogens is 274 g/mol. The third-order valence-corrected chi connectivity index (χ3v) is 3.85. The van der Waals surface area contributed by atoms with Gasteiger partial charge in [0.2, 0.25) is 0 Å². The number of benzene rings is 2. The SMILES string of the molecule is CCCn1c(N)c(-c2ccccc2)c2ccc(N)cc2c1=O. The third kappa shape index (κ3) is 2.22. The van der Waals surface area contributed by atoms with E-state index in [1.807, 2.05) is 43.3 Å². The van der Waals surface area contributed by atoms with E-state index in [9.17, 15) is 4.79 Å². The standard InChI is InChI=1S/C18H19N3O/c1-2-10-21-17(20)16(12-6-4-3-5-7-12)14-9-8-13(19)11-15(14)18(21)22/h3-9,11H,2,10,19-20H2,1H3. The summed E-state index contributed by atoms with van der Waals surface area (Å²) in [4.78, 5) is 12.7. The predicted molar refractivity (Wildman–Crippen MR) is 92.8 cm³/mol. The number of rotatable bonds is 3. The average Bonchev–Trinajstić information content (AvgIpc) is 2.53. The van der Waals surface area contributed by atoms with E-state index in [0.717, 1.165) is 22.9 Å². The van der Waals surface area contributed by atoms with E-state index >= 15 is 0 Å². The highest BCUT2D eigenvalue weighted by Gasteiger charge is 2.15. The van der Waals surface area contributed by atoms with Gasteiger partial charge < -0.3 is 11.5 Å². The second kappa shape index (κ2) is 5.56. The molecule has 0 atom stereocenters. The highest BCUT2D eigenvalue weighted by atomic mass is 16.1. The fourth-order valence-corrected chi connectivity index (χ4v) is 2.84. The van der Waals surface area contributed by atoms with Gasteiger partial charge in [0.05, 0.1) is 0 Å². The molecule has 0 aliphatic rings. The minimum Gasteiger partial charge on any atom is -0.399 e. The molecule has 1 heterocycles. The van der Waals surface area contributed by atoms with Crippen molar-refractivity contribution in [2.45, 2.75) is 19.9 Å². The van der Waals surface area contributed by atoms with Crippen LogP contribution in [-0.4, -0.2) is 4.57 Å². The Morgan fingerprint density at radius 1 is 1.00 bits per heavy atom. The number of nitrogen functional groups attached to an aromatic ring is 2. The third-order valence-electron chi connectivity index (χ3n) is 3.85. The van der Waals surface area contributed by atoms with Crippen molar-refractivity contribution >= 4 is 22.3 Å². The van der Waals surface area contributed by atoms with Gasteiger partial charge >= 0.3 is 0 Å². The zero-order chi connectivity index (χ0) is 15.7. The Balaban J connectivity index is 2.47. The van der Waals surface area contributed by atoms with Crippen LogP contribution in [0.15, 0.2) is 53.3 Å². The van der Waals surface area contributed by atoms with Gasteiger partial charge in [-0.2, -0.15) is 0 Å². The van der Waals surface area contributed by atoms with Crippen LogP contribution in [0.2, 0.25) is 0 Å². The first-order chi connectivity index (χ1) is 10.6. The Hall–Kier alpha value is -2.75. The smallest absolute Gasteiger partial charge is 0.260 e. The van der Waals surface area contributed by atoms with E-state index in [-0.39, 0.29) is 5.56 Å². The van der Waals surface area contributed by atoms with Crippen molar-refractivity contribution in [3.05, 3.63) is 58.9 Å². The Morgan fingerprint density at radius 3 is 2.41 bits per heavy atom. The van der Waals surface area contributed by atoms with E-state index in [0.29, 0.717) is 23.4 Å². The van der Waals surface area contributed by atoms with Gasteiger partial charge in [0, 0.05) is 23.2 Å². The topological polar surface area (TPSA) is 74.0 Å². The summed E-state index contributed by atoms with van der Waals surface area (Å²) in [5, 5.41) is 1.46. The molecule has 0 unspecified atom stereocenters. The Bertz CT molecular complexity index is 882. The fourth-order valence-electron chi connectivity index (χ4n) is 2.84. The summed E-state index contributed by atoms with van der Waals surface area (Å²) in [7, 11) is 0. The summed E-state index contributed by atoms with van der Waals surface area (Å²) in [6.45, 7) is 2.62. The van der Waals surface area contributed by atoms with Crippen molar-refractivity contribution in [3.63, 3.8) is 0 Å². The van der Waals surface area contributed by atoms with Crippen LogP contribution in [0.3, 0.4) is 0 Å². The first-order valence-corrected chi connectivity index (χ1v) is 7.40. The van der Waals surface area contributed by atoms with Crippen LogP contribution in [0.25, 0.3) is 21.9 Å². The number of hydrogen-bond acceptors (Lipinski definition) is 3. The molecule has 0 aliphatic carbocycles. The van der Waals surface area contributed by atoms with Gasteiger partial charge in [0.1, 0.15) is 5.82 Å². The molecule has 22 heavy (non-hydrogen) atoms. The van der Waals surface area contributed by atoms with Crippen LogP contribution in [-0.2, 0) is 6.54 Å². The van der Waals surface area contributed by atoms with Crippen LogP contribution in [0.1, 0.15) is 13.3 Å². The fraction of sp³-hybridized carbons (Fsp3) is 0.167. The second-order valence-electron chi connectivity index (χ2n) is 5.39. The van der Waals surface area contributed by atoms with Crippen LogP contribution in [0, 0.1) is 0 Å². The molecule has 0 spiro atoms. The molecule has 3 rings (SSSR count). The number of aromatic nitrogens is 1. The minimum absolute atomic E-state index is 0.0821. The monoisotopic (exact) mass is 293 g/mol. The highest BCUT2D eigenvalue weighted by Crippen LogP contribution is 2.33. The lowest BCUT2D eigenvalue weighted by atomic mass is 9.99. The van der Waals surface area contributed by atoms with Crippen molar-refractivity contribution in [2.24, 2.45) is 0 Å². The largest absolute Gasteiger partial charge is 0.399 e. The molecule has 0 saturated heterocycles. The summed E-state index contributed by atoms with van der Waals surface area (Å²) in [6, 6.07) is 15.3. The molecule has 0 saturated carbocycles. The van der Waals surface area contributed by atoms with Gasteiger partial charge in [-0.3, -0.25) is 9.36 Å². The van der Waals surface area contributed by atoms with Gasteiger partial charge in [-0.05, 0) is 29.5 Å². The maximum Gasteiger partial charge on any atom is 0.260 e. The molecule has 4 nitrogen and oxygen atoms in total. The quantitative estimate of drug-likeness (QED) is 0.728. The molecule has 0 fully saturated rings. The van der Waals surface area contributed by atoms with E-state index in [2.05, 4.69) is 0 Å². The lowest BCUT2D eigenvalue weighted by Crippen LogP contribution is -2.24. The molecule has 112 valence electrons. The molecule has 0 bridgehead atoms. The Morgan fingerprint density at radius 2 is 1.73 bits per heavy atom. The van der Waals surface area contributed by atoms with Gasteiger partial charge in [-0.15, -0.1) is 0 Å². The summed E-state index contributed by atoms with van der Waals surface area (Å²) in [5.41, 5.74) is 14.6. The summed E-state index contributed by atoms with van der Waals surface area (Å²) >= 11 is 0. The normalized spacial score (nSPS) is 11.0. The van der Waals surface area contributed by atoms with Crippen molar-refractivity contribution in [2.75, 3.05) is 11.5 Å². The highest BCUT2D eigenvalue weighted by molar-refractivity contribution is 6.01. The van der Waals surface area contributed by atoms with Crippen LogP contribution in [0.4, 0.5) is 11.5 Å². The lowest BCUT2D eigenvalue weighted by Gasteiger charge is -2.17. The summed E-state index contributed by atoms with van der Waals surface area (Å²) < 4.78 is 1.64. The maximum absolute atomic E-state index is 12.7. The molecule has 4 heteroatoms. The van der Waals surface area contributed by atoms with Crippen LogP contribution in [0.5, 0.6) is 0 Å². The number of anilines is 2. The number of pyridine rings is 1. The number of hydrogen-bond donors (Lipinski definition) is 2. The molecule has 3 aromatic rings. The minimum atomic E-state index is -0.0821. The van der Waals surface area contributed by atoms with Crippen molar-refractivity contribution < 1.29 is 0 Å². The van der Waals surface area contributed by atoms with Crippen LogP contribution >= 0.6 is 0 Å². The first kappa shape index (κ1) is 14.2. The van der Waals surface area contributed by atoms with Crippen molar-refractivity contribution in [3.8, 4) is 11.1 Å². The molecule has 0 amide bonds. The van der Waals surface area contributed by atoms with Crippen LogP contribution < -0.4 is 17.0 Å². The van der Waals surface area contributed by atoms with Crippen molar-refractivity contribution in [1.29, 1.82) is 0 Å². The zero-order valence-corrected chi connectivity index (χ0v) is 12.5. The second-order valence-corrected chi connectivity index (χ2v) is 5.39. The number of fused-ring (bicyclic) bond motifs is 1.